The molecule has 6 heteroatoms. The fourth-order valence-electron chi connectivity index (χ4n) is 7.76. The van der Waals surface area contributed by atoms with Gasteiger partial charge in [-0.05, 0) is 0 Å². The van der Waals surface area contributed by atoms with Crippen LogP contribution in [0.4, 0.5) is 0 Å². The average molecular weight is 872 g/mol. The number of ether oxygens (including phenoxy) is 2. The first kappa shape index (κ1) is 35.7. The summed E-state index contributed by atoms with van der Waals surface area (Å²) in [6, 6.07) is 65.5. The van der Waals surface area contributed by atoms with Crippen molar-refractivity contribution in [3.63, 3.8) is 0 Å². The van der Waals surface area contributed by atoms with Gasteiger partial charge in [0.25, 0.3) is 0 Å². The fraction of sp³-hybridized carbons (Fsp3) is 0.136. The van der Waals surface area contributed by atoms with Crippen LogP contribution in [0.1, 0.15) is 20.3 Å². The van der Waals surface area contributed by atoms with E-state index in [2.05, 4.69) is 182 Å². The maximum atomic E-state index is 14.7. The van der Waals surface area contributed by atoms with E-state index >= 15 is 0 Å². The van der Waals surface area contributed by atoms with Crippen LogP contribution in [-0.4, -0.2) is 61.4 Å². The van der Waals surface area contributed by atoms with Gasteiger partial charge in [-0.25, -0.2) is 0 Å². The van der Waals surface area contributed by atoms with E-state index in [1.807, 2.05) is 0 Å². The third kappa shape index (κ3) is 7.05. The van der Waals surface area contributed by atoms with Gasteiger partial charge in [0.15, 0.2) is 0 Å². The first-order valence-electron chi connectivity index (χ1n) is 17.2. The predicted molar refractivity (Wildman–Crippen MR) is 209 cm³/mol. The van der Waals surface area contributed by atoms with Gasteiger partial charge >= 0.3 is 306 Å². The van der Waals surface area contributed by atoms with Gasteiger partial charge < -0.3 is 0 Å². The van der Waals surface area contributed by atoms with E-state index in [0.717, 1.165) is 0 Å². The van der Waals surface area contributed by atoms with Crippen molar-refractivity contribution < 1.29 is 19.1 Å². The Morgan fingerprint density at radius 2 is 0.740 bits per heavy atom. The third-order valence-electron chi connectivity index (χ3n) is 9.72. The number of benzene rings is 6. The number of carbonyl (C=O) groups excluding carboxylic acids is 2. The topological polar surface area (TPSA) is 52.6 Å². The number of hydrogen-bond acceptors (Lipinski definition) is 4. The Balaban J connectivity index is 1.79. The maximum absolute atomic E-state index is 14.7. The minimum atomic E-state index is -4.44. The summed E-state index contributed by atoms with van der Waals surface area (Å²) in [5.41, 5.74) is 0. The quantitative estimate of drug-likeness (QED) is 0.120. The monoisotopic (exact) mass is 874 g/mol. The summed E-state index contributed by atoms with van der Waals surface area (Å²) in [5.74, 6) is -0.923. The Bertz CT molecular complexity index is 1640. The van der Waals surface area contributed by atoms with Crippen molar-refractivity contribution >= 4 is 70.2 Å². The molecule has 6 aromatic carbocycles. The molecule has 0 heterocycles. The summed E-state index contributed by atoms with van der Waals surface area (Å²) in [5, 5.41) is 0. The van der Waals surface area contributed by atoms with Crippen LogP contribution in [0.3, 0.4) is 0 Å². The molecule has 0 N–H and O–H groups in total. The van der Waals surface area contributed by atoms with Crippen LogP contribution < -0.4 is 21.5 Å². The number of esters is 2. The van der Waals surface area contributed by atoms with Crippen molar-refractivity contribution in [3.8, 4) is 0 Å². The Hall–Kier alpha value is -4.14. The molecule has 0 spiro atoms. The van der Waals surface area contributed by atoms with Crippen LogP contribution in [0.15, 0.2) is 182 Å². The van der Waals surface area contributed by atoms with Crippen LogP contribution in [0.5, 0.6) is 0 Å². The van der Waals surface area contributed by atoms with Crippen molar-refractivity contribution in [3.05, 3.63) is 182 Å². The predicted octanol–water partition coefficient (Wildman–Crippen LogP) is 5.12. The van der Waals surface area contributed by atoms with Crippen LogP contribution in [0, 0.1) is 0 Å². The molecular formula is C44H42O4Sn2. The van der Waals surface area contributed by atoms with Crippen molar-refractivity contribution in [2.24, 2.45) is 0 Å². The Labute approximate surface area is 303 Å². The van der Waals surface area contributed by atoms with E-state index in [0.29, 0.717) is 0 Å². The zero-order chi connectivity index (χ0) is 34.8. The molecular weight excluding hydrogens is 830 g/mol. The fourth-order valence-corrected chi connectivity index (χ4v) is 68.8. The van der Waals surface area contributed by atoms with Gasteiger partial charge in [-0.2, -0.15) is 0 Å². The van der Waals surface area contributed by atoms with Gasteiger partial charge in [0, 0.05) is 0 Å². The molecule has 4 nitrogen and oxygen atoms in total. The second kappa shape index (κ2) is 16.7. The molecule has 0 aliphatic rings. The summed E-state index contributed by atoms with van der Waals surface area (Å²) in [6.07, 6.45) is -0.875. The van der Waals surface area contributed by atoms with E-state index in [9.17, 15) is 9.59 Å². The van der Waals surface area contributed by atoms with Gasteiger partial charge in [0.1, 0.15) is 0 Å². The molecule has 0 saturated carbocycles. The van der Waals surface area contributed by atoms with E-state index in [1.165, 1.54) is 21.5 Å². The first-order chi connectivity index (χ1) is 24.5. The van der Waals surface area contributed by atoms with Crippen molar-refractivity contribution in [1.82, 2.24) is 0 Å². The summed E-state index contributed by atoms with van der Waals surface area (Å²) in [4.78, 5) is 27.5. The second-order valence-electron chi connectivity index (χ2n) is 12.5. The SMILES string of the molecule is CCOC(=O)[C@H](C)OC(=O)C[CH]([Sn]([c]1ccccc1)([c]1ccccc1)[c]1ccccc1)[Sn]([c]1ccccc1)([c]1ccccc1)[c]1ccccc1. The molecule has 0 aromatic heterocycles. The molecule has 0 radical (unpaired) electrons. The Morgan fingerprint density at radius 3 is 0.980 bits per heavy atom. The third-order valence-corrected chi connectivity index (χ3v) is 54.7. The molecule has 6 aromatic rings. The Morgan fingerprint density at radius 1 is 0.480 bits per heavy atom. The summed E-state index contributed by atoms with van der Waals surface area (Å²) in [6.45, 7) is 3.58. The molecule has 0 aliphatic carbocycles. The zero-order valence-corrected chi connectivity index (χ0v) is 34.2. The molecule has 6 rings (SSSR count). The van der Waals surface area contributed by atoms with E-state index in [1.54, 1.807) is 13.8 Å². The molecule has 250 valence electrons. The van der Waals surface area contributed by atoms with Crippen LogP contribution in [0.2, 0.25) is 1.95 Å². The molecule has 0 amide bonds. The van der Waals surface area contributed by atoms with Crippen molar-refractivity contribution in [2.45, 2.75) is 28.3 Å². The van der Waals surface area contributed by atoms with Gasteiger partial charge in [-0.15, -0.1) is 0 Å². The van der Waals surface area contributed by atoms with Gasteiger partial charge in [-0.1, -0.05) is 0 Å². The van der Waals surface area contributed by atoms with Crippen LogP contribution >= 0.6 is 0 Å². The second-order valence-corrected chi connectivity index (χ2v) is 40.2. The van der Waals surface area contributed by atoms with Gasteiger partial charge in [0.2, 0.25) is 0 Å². The Kier molecular flexibility index (Phi) is 11.9. The molecule has 0 fully saturated rings. The summed E-state index contributed by atoms with van der Waals surface area (Å²) >= 11 is -8.88. The summed E-state index contributed by atoms with van der Waals surface area (Å²) < 4.78 is 18.9. The average Bonchev–Trinajstić information content (AvgIpc) is 3.18. The summed E-state index contributed by atoms with van der Waals surface area (Å²) in [7, 11) is 0. The van der Waals surface area contributed by atoms with E-state index in [4.69, 9.17) is 9.47 Å². The number of hydrogen-bond donors (Lipinski definition) is 0. The molecule has 0 bridgehead atoms. The molecule has 0 unspecified atom stereocenters. The molecule has 1 atom stereocenters. The number of carbonyl (C=O) groups is 2. The van der Waals surface area contributed by atoms with E-state index < -0.39 is 48.8 Å². The van der Waals surface area contributed by atoms with Crippen LogP contribution in [0.25, 0.3) is 0 Å². The number of rotatable bonds is 13. The van der Waals surface area contributed by atoms with E-state index in [-0.39, 0.29) is 20.9 Å². The molecule has 50 heavy (non-hydrogen) atoms. The molecule has 0 aliphatic heterocycles. The standard InChI is InChI=1S/C8H12O4.6C6H5.2Sn/c1-4-7(9)12-6(3)8(10)11-5-2;6*1-2-4-6-5-3-1;;/h1,6H,4-5H2,2-3H3;6*1-5H;;/t6-;;;;;;;;/m0......../s1. The normalized spacial score (nSPS) is 12.2. The van der Waals surface area contributed by atoms with Gasteiger partial charge in [0.05, 0.1) is 0 Å². The van der Waals surface area contributed by atoms with Crippen LogP contribution in [-0.2, 0) is 19.1 Å². The minimum absolute atomic E-state index is 0.125. The van der Waals surface area contributed by atoms with Gasteiger partial charge in [-0.3, -0.25) is 0 Å². The van der Waals surface area contributed by atoms with Crippen molar-refractivity contribution in [2.75, 3.05) is 6.61 Å². The first-order valence-corrected chi connectivity index (χ1v) is 29.1. The van der Waals surface area contributed by atoms with Crippen molar-refractivity contribution in [1.29, 1.82) is 0 Å². The zero-order valence-electron chi connectivity index (χ0n) is 28.5. The molecule has 0 saturated heterocycles.